The van der Waals surface area contributed by atoms with Crippen molar-refractivity contribution in [3.8, 4) is 11.5 Å². The largest absolute Gasteiger partial charge is 0.490 e. The quantitative estimate of drug-likeness (QED) is 0.559. The first-order chi connectivity index (χ1) is 9.12. The summed E-state index contributed by atoms with van der Waals surface area (Å²) in [5, 5.41) is 7.45. The van der Waals surface area contributed by atoms with Crippen LogP contribution < -0.4 is 15.2 Å². The van der Waals surface area contributed by atoms with Gasteiger partial charge in [-0.3, -0.25) is 5.41 Å². The normalized spacial score (nSPS) is 10.5. The summed E-state index contributed by atoms with van der Waals surface area (Å²) in [4.78, 5) is 0. The van der Waals surface area contributed by atoms with Crippen LogP contribution in [0.25, 0.3) is 0 Å². The Labute approximate surface area is 115 Å². The molecule has 0 heterocycles. The van der Waals surface area contributed by atoms with Gasteiger partial charge >= 0.3 is 0 Å². The van der Waals surface area contributed by atoms with E-state index in [0.29, 0.717) is 30.4 Å². The van der Waals surface area contributed by atoms with Crippen LogP contribution in [-0.4, -0.2) is 19.0 Å². The van der Waals surface area contributed by atoms with Crippen LogP contribution in [-0.2, 0) is 0 Å². The molecule has 0 radical (unpaired) electrons. The minimum absolute atomic E-state index is 0.0347. The van der Waals surface area contributed by atoms with E-state index in [9.17, 15) is 0 Å². The lowest BCUT2D eigenvalue weighted by Gasteiger charge is -2.17. The number of hydrogen-bond acceptors (Lipinski definition) is 3. The van der Waals surface area contributed by atoms with Crippen molar-refractivity contribution >= 4 is 5.84 Å². The molecule has 4 nitrogen and oxygen atoms in total. The van der Waals surface area contributed by atoms with Gasteiger partial charge in [-0.2, -0.15) is 0 Å². The lowest BCUT2D eigenvalue weighted by Crippen LogP contribution is -2.13. The van der Waals surface area contributed by atoms with Gasteiger partial charge in [0, 0.05) is 5.56 Å². The summed E-state index contributed by atoms with van der Waals surface area (Å²) in [6.45, 7) is 7.50. The van der Waals surface area contributed by atoms with Crippen LogP contribution in [0.15, 0.2) is 18.2 Å². The van der Waals surface area contributed by atoms with E-state index in [2.05, 4.69) is 13.8 Å². The van der Waals surface area contributed by atoms with Crippen molar-refractivity contribution in [2.75, 3.05) is 13.2 Å². The second kappa shape index (κ2) is 7.67. The maximum Gasteiger partial charge on any atom is 0.161 e. The van der Waals surface area contributed by atoms with Gasteiger partial charge in [0.15, 0.2) is 11.5 Å². The number of ether oxygens (including phenoxy) is 2. The predicted molar refractivity (Wildman–Crippen MR) is 78.2 cm³/mol. The number of amidine groups is 1. The predicted octanol–water partition coefficient (Wildman–Crippen LogP) is 3.18. The van der Waals surface area contributed by atoms with Crippen LogP contribution in [0.1, 0.15) is 39.2 Å². The fourth-order valence-electron chi connectivity index (χ4n) is 1.80. The van der Waals surface area contributed by atoms with Gasteiger partial charge < -0.3 is 15.2 Å². The summed E-state index contributed by atoms with van der Waals surface area (Å²) in [5.41, 5.74) is 6.13. The van der Waals surface area contributed by atoms with Gasteiger partial charge in [0.25, 0.3) is 0 Å². The molecule has 0 aromatic heterocycles. The average molecular weight is 264 g/mol. The molecule has 0 amide bonds. The molecule has 0 aliphatic rings. The Bertz CT molecular complexity index is 415. The second-order valence-corrected chi connectivity index (χ2v) is 4.50. The molecule has 0 spiro atoms. The van der Waals surface area contributed by atoms with Crippen LogP contribution in [0.5, 0.6) is 11.5 Å². The van der Waals surface area contributed by atoms with Crippen LogP contribution in [0.4, 0.5) is 0 Å². The van der Waals surface area contributed by atoms with E-state index in [4.69, 9.17) is 20.6 Å². The monoisotopic (exact) mass is 264 g/mol. The summed E-state index contributed by atoms with van der Waals surface area (Å²) in [6, 6.07) is 5.37. The maximum absolute atomic E-state index is 7.45. The number of nitrogen functional groups attached to an aromatic ring is 1. The zero-order chi connectivity index (χ0) is 14.3. The van der Waals surface area contributed by atoms with Crippen molar-refractivity contribution in [1.82, 2.24) is 0 Å². The smallest absolute Gasteiger partial charge is 0.161 e. The van der Waals surface area contributed by atoms with E-state index < -0.39 is 0 Å². The minimum atomic E-state index is 0.0347. The van der Waals surface area contributed by atoms with E-state index in [-0.39, 0.29) is 5.84 Å². The standard InChI is InChI=1S/C15H24N2O2/c1-4-11(5-2)10-19-13-8-7-12(15(16)17)9-14(13)18-6-3/h7-9,11H,4-6,10H2,1-3H3,(H3,16,17). The molecule has 19 heavy (non-hydrogen) atoms. The molecule has 106 valence electrons. The summed E-state index contributed by atoms with van der Waals surface area (Å²) in [5.74, 6) is 1.97. The zero-order valence-corrected chi connectivity index (χ0v) is 12.0. The summed E-state index contributed by atoms with van der Waals surface area (Å²) in [6.07, 6.45) is 2.21. The first-order valence-corrected chi connectivity index (χ1v) is 6.86. The minimum Gasteiger partial charge on any atom is -0.490 e. The molecule has 0 bridgehead atoms. The van der Waals surface area contributed by atoms with Crippen molar-refractivity contribution < 1.29 is 9.47 Å². The van der Waals surface area contributed by atoms with Gasteiger partial charge in [0.05, 0.1) is 13.2 Å². The molecular weight excluding hydrogens is 240 g/mol. The highest BCUT2D eigenvalue weighted by atomic mass is 16.5. The van der Waals surface area contributed by atoms with Crippen LogP contribution in [0, 0.1) is 11.3 Å². The third kappa shape index (κ3) is 4.47. The SMILES string of the molecule is CCOc1cc(C(=N)N)ccc1OCC(CC)CC. The molecule has 1 rings (SSSR count). The number of rotatable bonds is 8. The van der Waals surface area contributed by atoms with E-state index in [1.807, 2.05) is 13.0 Å². The summed E-state index contributed by atoms with van der Waals surface area (Å²) in [7, 11) is 0. The highest BCUT2D eigenvalue weighted by molar-refractivity contribution is 5.95. The first kappa shape index (κ1) is 15.3. The Morgan fingerprint density at radius 1 is 1.16 bits per heavy atom. The second-order valence-electron chi connectivity index (χ2n) is 4.50. The fraction of sp³-hybridized carbons (Fsp3) is 0.533. The highest BCUT2D eigenvalue weighted by Gasteiger charge is 2.10. The van der Waals surface area contributed by atoms with Gasteiger partial charge in [-0.15, -0.1) is 0 Å². The van der Waals surface area contributed by atoms with Crippen molar-refractivity contribution in [3.63, 3.8) is 0 Å². The molecular formula is C15H24N2O2. The third-order valence-corrected chi connectivity index (χ3v) is 3.18. The number of benzene rings is 1. The Morgan fingerprint density at radius 3 is 2.37 bits per heavy atom. The number of nitrogens with one attached hydrogen (secondary N) is 1. The lowest BCUT2D eigenvalue weighted by atomic mass is 10.1. The van der Waals surface area contributed by atoms with Crippen molar-refractivity contribution in [2.45, 2.75) is 33.6 Å². The average Bonchev–Trinajstić information content (AvgIpc) is 2.41. The molecule has 0 aliphatic heterocycles. The molecule has 0 aliphatic carbocycles. The molecule has 0 fully saturated rings. The lowest BCUT2D eigenvalue weighted by molar-refractivity contribution is 0.225. The fourth-order valence-corrected chi connectivity index (χ4v) is 1.80. The topological polar surface area (TPSA) is 68.3 Å². The Kier molecular flexibility index (Phi) is 6.19. The molecule has 0 atom stereocenters. The molecule has 0 unspecified atom stereocenters. The van der Waals surface area contributed by atoms with Crippen LogP contribution >= 0.6 is 0 Å². The van der Waals surface area contributed by atoms with Crippen molar-refractivity contribution in [3.05, 3.63) is 23.8 Å². The zero-order valence-electron chi connectivity index (χ0n) is 12.0. The molecule has 1 aromatic rings. The van der Waals surface area contributed by atoms with Gasteiger partial charge in [-0.25, -0.2) is 0 Å². The van der Waals surface area contributed by atoms with Crippen LogP contribution in [0.2, 0.25) is 0 Å². The molecule has 1 aromatic carbocycles. The van der Waals surface area contributed by atoms with E-state index in [1.54, 1.807) is 12.1 Å². The van der Waals surface area contributed by atoms with E-state index >= 15 is 0 Å². The molecule has 3 N–H and O–H groups in total. The summed E-state index contributed by atoms with van der Waals surface area (Å²) < 4.78 is 11.4. The van der Waals surface area contributed by atoms with Gasteiger partial charge in [-0.05, 0) is 31.0 Å². The van der Waals surface area contributed by atoms with E-state index in [0.717, 1.165) is 18.6 Å². The first-order valence-electron chi connectivity index (χ1n) is 6.86. The Morgan fingerprint density at radius 2 is 1.84 bits per heavy atom. The molecule has 0 saturated carbocycles. The van der Waals surface area contributed by atoms with Gasteiger partial charge in [-0.1, -0.05) is 26.7 Å². The van der Waals surface area contributed by atoms with Crippen LogP contribution in [0.3, 0.4) is 0 Å². The van der Waals surface area contributed by atoms with Crippen molar-refractivity contribution in [1.29, 1.82) is 5.41 Å². The van der Waals surface area contributed by atoms with Crippen molar-refractivity contribution in [2.24, 2.45) is 11.7 Å². The highest BCUT2D eigenvalue weighted by Crippen LogP contribution is 2.29. The summed E-state index contributed by atoms with van der Waals surface area (Å²) >= 11 is 0. The van der Waals surface area contributed by atoms with Gasteiger partial charge in [0.1, 0.15) is 5.84 Å². The Hall–Kier alpha value is -1.71. The molecule has 4 heteroatoms. The van der Waals surface area contributed by atoms with E-state index in [1.165, 1.54) is 0 Å². The number of nitrogens with two attached hydrogens (primary N) is 1. The Balaban J connectivity index is 2.84. The third-order valence-electron chi connectivity index (χ3n) is 3.18. The molecule has 0 saturated heterocycles. The number of hydrogen-bond donors (Lipinski definition) is 2. The van der Waals surface area contributed by atoms with Gasteiger partial charge in [0.2, 0.25) is 0 Å². The maximum atomic E-state index is 7.45.